The van der Waals surface area contributed by atoms with E-state index in [9.17, 15) is 15.0 Å². The van der Waals surface area contributed by atoms with E-state index in [4.69, 9.17) is 9.47 Å². The fourth-order valence-corrected chi connectivity index (χ4v) is 3.65. The molecular formula is C20H12CuO5. The summed E-state index contributed by atoms with van der Waals surface area (Å²) in [6.45, 7) is 0. The van der Waals surface area contributed by atoms with Gasteiger partial charge in [0.05, 0.1) is 5.56 Å². The molecule has 133 valence electrons. The Hall–Kier alpha value is -2.95. The van der Waals surface area contributed by atoms with Crippen LogP contribution < -0.4 is 4.74 Å². The van der Waals surface area contributed by atoms with Crippen molar-refractivity contribution < 1.29 is 41.5 Å². The molecule has 6 heteroatoms. The minimum Gasteiger partial charge on any atom is -0.508 e. The molecule has 0 aromatic heterocycles. The Bertz CT molecular complexity index is 1010. The van der Waals surface area contributed by atoms with Gasteiger partial charge in [-0.2, -0.15) is 0 Å². The smallest absolute Gasteiger partial charge is 0.340 e. The summed E-state index contributed by atoms with van der Waals surface area (Å²) in [5.74, 6) is 0.408. The van der Waals surface area contributed by atoms with Crippen LogP contribution in [0.15, 0.2) is 60.7 Å². The number of rotatable bonds is 0. The topological polar surface area (TPSA) is 76.0 Å². The SMILES string of the molecule is O=C1OC2(c3ccc(O)cc3Oc3cc(O)ccc32)c2ccccc21.[Cu]. The van der Waals surface area contributed by atoms with Crippen LogP contribution in [0.3, 0.4) is 0 Å². The first-order valence-corrected chi connectivity index (χ1v) is 7.77. The first-order chi connectivity index (χ1) is 12.1. The third kappa shape index (κ3) is 2.00. The molecule has 0 amide bonds. The van der Waals surface area contributed by atoms with Gasteiger partial charge in [0.1, 0.15) is 23.0 Å². The van der Waals surface area contributed by atoms with E-state index in [0.29, 0.717) is 33.8 Å². The monoisotopic (exact) mass is 395 g/mol. The molecule has 0 fully saturated rings. The summed E-state index contributed by atoms with van der Waals surface area (Å²) in [7, 11) is 0. The van der Waals surface area contributed by atoms with Crippen molar-refractivity contribution in [2.24, 2.45) is 0 Å². The summed E-state index contributed by atoms with van der Waals surface area (Å²) < 4.78 is 11.8. The number of phenols is 2. The van der Waals surface area contributed by atoms with Crippen molar-refractivity contribution in [3.63, 3.8) is 0 Å². The third-order valence-corrected chi connectivity index (χ3v) is 4.68. The van der Waals surface area contributed by atoms with Crippen LogP contribution in [0.2, 0.25) is 0 Å². The molecule has 0 unspecified atom stereocenters. The molecule has 1 radical (unpaired) electrons. The number of aromatic hydroxyl groups is 2. The molecule has 2 aliphatic heterocycles. The van der Waals surface area contributed by atoms with Crippen LogP contribution in [0.25, 0.3) is 0 Å². The van der Waals surface area contributed by atoms with Gasteiger partial charge >= 0.3 is 5.97 Å². The standard InChI is InChI=1S/C20H12O5.Cu/c21-11-5-7-15-17(9-11)24-18-10-12(22)6-8-16(18)20(15)14-4-2-1-3-13(14)19(23)25-20;/h1-10,21-22H;. The molecule has 0 aliphatic carbocycles. The van der Waals surface area contributed by atoms with Crippen molar-refractivity contribution in [3.8, 4) is 23.0 Å². The number of benzene rings is 3. The molecule has 3 aromatic rings. The van der Waals surface area contributed by atoms with Crippen molar-refractivity contribution in [2.45, 2.75) is 5.60 Å². The van der Waals surface area contributed by atoms with Crippen LogP contribution in [0.5, 0.6) is 23.0 Å². The normalized spacial score (nSPS) is 15.2. The first-order valence-electron chi connectivity index (χ1n) is 7.77. The maximum absolute atomic E-state index is 12.5. The zero-order valence-corrected chi connectivity index (χ0v) is 14.1. The Labute approximate surface area is 159 Å². The Morgan fingerprint density at radius 2 is 1.35 bits per heavy atom. The number of carbonyl (C=O) groups excluding carboxylic acids is 1. The molecule has 2 N–H and O–H groups in total. The second-order valence-corrected chi connectivity index (χ2v) is 6.08. The van der Waals surface area contributed by atoms with Crippen molar-refractivity contribution in [2.75, 3.05) is 0 Å². The molecule has 0 bridgehead atoms. The van der Waals surface area contributed by atoms with Crippen molar-refractivity contribution in [1.29, 1.82) is 0 Å². The molecule has 1 spiro atoms. The number of hydrogen-bond donors (Lipinski definition) is 2. The van der Waals surface area contributed by atoms with E-state index in [0.717, 1.165) is 0 Å². The molecular weight excluding hydrogens is 384 g/mol. The Balaban J connectivity index is 0.00000168. The fraction of sp³-hybridized carbons (Fsp3) is 0.0500. The zero-order chi connectivity index (χ0) is 17.2. The van der Waals surface area contributed by atoms with Crippen LogP contribution in [0, 0.1) is 0 Å². The molecule has 2 heterocycles. The molecule has 2 aliphatic rings. The van der Waals surface area contributed by atoms with Gasteiger partial charge in [0.15, 0.2) is 5.60 Å². The van der Waals surface area contributed by atoms with Crippen molar-refractivity contribution >= 4 is 5.97 Å². The average Bonchev–Trinajstić information content (AvgIpc) is 2.88. The van der Waals surface area contributed by atoms with Gasteiger partial charge in [-0.1, -0.05) is 18.2 Å². The molecule has 3 aromatic carbocycles. The maximum atomic E-state index is 12.5. The molecule has 0 atom stereocenters. The molecule has 26 heavy (non-hydrogen) atoms. The predicted octanol–water partition coefficient (Wildman–Crippen LogP) is 3.66. The van der Waals surface area contributed by atoms with Gasteiger partial charge in [-0.15, -0.1) is 0 Å². The average molecular weight is 396 g/mol. The van der Waals surface area contributed by atoms with Crippen molar-refractivity contribution in [3.05, 3.63) is 82.9 Å². The van der Waals surface area contributed by atoms with E-state index < -0.39 is 11.6 Å². The summed E-state index contributed by atoms with van der Waals surface area (Å²) in [5.41, 5.74) is 1.28. The maximum Gasteiger partial charge on any atom is 0.340 e. The van der Waals surface area contributed by atoms with E-state index >= 15 is 0 Å². The fourth-order valence-electron chi connectivity index (χ4n) is 3.65. The number of hydrogen-bond acceptors (Lipinski definition) is 5. The van der Waals surface area contributed by atoms with Gasteiger partial charge < -0.3 is 19.7 Å². The van der Waals surface area contributed by atoms with Gasteiger partial charge in [0, 0.05) is 45.9 Å². The van der Waals surface area contributed by atoms with Crippen LogP contribution in [-0.4, -0.2) is 16.2 Å². The van der Waals surface area contributed by atoms with Crippen LogP contribution in [0.1, 0.15) is 27.0 Å². The van der Waals surface area contributed by atoms with Gasteiger partial charge in [-0.05, 0) is 30.3 Å². The van der Waals surface area contributed by atoms with Gasteiger partial charge in [-0.25, -0.2) is 4.79 Å². The van der Waals surface area contributed by atoms with E-state index in [-0.39, 0.29) is 28.6 Å². The van der Waals surface area contributed by atoms with E-state index in [2.05, 4.69) is 0 Å². The quantitative estimate of drug-likeness (QED) is 0.448. The predicted molar refractivity (Wildman–Crippen MR) is 88.0 cm³/mol. The van der Waals surface area contributed by atoms with E-state index in [1.54, 1.807) is 24.3 Å². The first kappa shape index (κ1) is 16.5. The van der Waals surface area contributed by atoms with Gasteiger partial charge in [-0.3, -0.25) is 0 Å². The minimum absolute atomic E-state index is 0. The summed E-state index contributed by atoms with van der Waals surface area (Å²) in [5, 5.41) is 19.7. The second kappa shape index (κ2) is 5.53. The second-order valence-electron chi connectivity index (χ2n) is 6.08. The summed E-state index contributed by atoms with van der Waals surface area (Å²) in [6, 6.07) is 16.6. The number of phenolic OH excluding ortho intramolecular Hbond substituents is 2. The Kier molecular flexibility index (Phi) is 3.51. The summed E-state index contributed by atoms with van der Waals surface area (Å²) in [4.78, 5) is 12.5. The van der Waals surface area contributed by atoms with E-state index in [1.165, 1.54) is 24.3 Å². The van der Waals surface area contributed by atoms with Gasteiger partial charge in [0.25, 0.3) is 0 Å². The Morgan fingerprint density at radius 3 is 1.96 bits per heavy atom. The zero-order valence-electron chi connectivity index (χ0n) is 13.2. The molecule has 0 saturated heterocycles. The summed E-state index contributed by atoms with van der Waals surface area (Å²) >= 11 is 0. The number of carbonyl (C=O) groups is 1. The van der Waals surface area contributed by atoms with Crippen LogP contribution in [0.4, 0.5) is 0 Å². The molecule has 0 saturated carbocycles. The number of esters is 1. The summed E-state index contributed by atoms with van der Waals surface area (Å²) in [6.07, 6.45) is 0. The largest absolute Gasteiger partial charge is 0.508 e. The van der Waals surface area contributed by atoms with Crippen LogP contribution >= 0.6 is 0 Å². The van der Waals surface area contributed by atoms with Crippen molar-refractivity contribution in [1.82, 2.24) is 0 Å². The number of fused-ring (bicyclic) bond motifs is 6. The number of ether oxygens (including phenoxy) is 2. The van der Waals surface area contributed by atoms with E-state index in [1.807, 2.05) is 12.1 Å². The van der Waals surface area contributed by atoms with Gasteiger partial charge in [0.2, 0.25) is 0 Å². The Morgan fingerprint density at radius 1 is 0.769 bits per heavy atom. The molecule has 5 rings (SSSR count). The minimum atomic E-state index is -1.17. The van der Waals surface area contributed by atoms with Crippen LogP contribution in [-0.2, 0) is 27.4 Å². The third-order valence-electron chi connectivity index (χ3n) is 4.68. The molecule has 5 nitrogen and oxygen atoms in total.